The van der Waals surface area contributed by atoms with Gasteiger partial charge in [0.2, 0.25) is 5.28 Å². The second-order valence-electron chi connectivity index (χ2n) is 7.40. The van der Waals surface area contributed by atoms with Gasteiger partial charge in [0, 0.05) is 23.5 Å². The lowest BCUT2D eigenvalue weighted by Gasteiger charge is -2.29. The molecule has 0 aliphatic heterocycles. The number of nitrogens with zero attached hydrogens (tertiary/aromatic N) is 3. The van der Waals surface area contributed by atoms with Crippen LogP contribution in [-0.2, 0) is 13.0 Å². The number of anilines is 1. The van der Waals surface area contributed by atoms with Crippen molar-refractivity contribution in [3.63, 3.8) is 0 Å². The van der Waals surface area contributed by atoms with Crippen LogP contribution in [0.25, 0.3) is 21.3 Å². The Balaban J connectivity index is 1.86. The van der Waals surface area contributed by atoms with Crippen LogP contribution in [0.2, 0.25) is 5.28 Å². The summed E-state index contributed by atoms with van der Waals surface area (Å²) in [4.78, 5) is 12.4. The van der Waals surface area contributed by atoms with Gasteiger partial charge in [-0.3, -0.25) is 0 Å². The van der Waals surface area contributed by atoms with Crippen molar-refractivity contribution in [3.05, 3.63) is 76.4 Å². The Hall–Kier alpha value is -2.43. The monoisotopic (exact) mass is 421 g/mol. The van der Waals surface area contributed by atoms with Crippen LogP contribution in [-0.4, -0.2) is 16.0 Å². The molecule has 2 heterocycles. The molecule has 4 aromatic rings. The van der Waals surface area contributed by atoms with E-state index in [-0.39, 0.29) is 6.04 Å². The fourth-order valence-electron chi connectivity index (χ4n) is 3.52. The average Bonchev–Trinajstić information content (AvgIpc) is 3.16. The quantitative estimate of drug-likeness (QED) is 0.314. The molecule has 0 N–H and O–H groups in total. The predicted molar refractivity (Wildman–Crippen MR) is 125 cm³/mol. The van der Waals surface area contributed by atoms with Crippen molar-refractivity contribution in [1.29, 1.82) is 0 Å². The molecule has 0 saturated carbocycles. The highest BCUT2D eigenvalue weighted by Crippen LogP contribution is 2.40. The van der Waals surface area contributed by atoms with E-state index < -0.39 is 0 Å². The highest BCUT2D eigenvalue weighted by molar-refractivity contribution is 7.17. The van der Waals surface area contributed by atoms with E-state index >= 15 is 0 Å². The molecule has 0 radical (unpaired) electrons. The van der Waals surface area contributed by atoms with Crippen molar-refractivity contribution in [2.24, 2.45) is 0 Å². The van der Waals surface area contributed by atoms with E-state index in [1.807, 2.05) is 6.07 Å². The number of benzene rings is 2. The van der Waals surface area contributed by atoms with Gasteiger partial charge in [-0.2, -0.15) is 4.98 Å². The summed E-state index contributed by atoms with van der Waals surface area (Å²) >= 11 is 7.95. The van der Waals surface area contributed by atoms with Gasteiger partial charge in [-0.05, 0) is 48.6 Å². The second-order valence-corrected chi connectivity index (χ2v) is 8.60. The standard InChI is InChI=1S/C24H24ClN3S/c1-4-17-10-12-19(13-11-17)20-15-29-23-21(20)22(26-24(25)27-23)28(16(2)3)14-18-8-6-5-7-9-18/h5-13,15-16H,4,14H2,1-3H3. The molecule has 0 amide bonds. The molecule has 0 aliphatic rings. The maximum absolute atomic E-state index is 6.33. The molecule has 0 fully saturated rings. The first kappa shape index (κ1) is 19.9. The summed E-state index contributed by atoms with van der Waals surface area (Å²) in [6.45, 7) is 7.32. The van der Waals surface area contributed by atoms with E-state index in [0.717, 1.165) is 34.6 Å². The van der Waals surface area contributed by atoms with Crippen LogP contribution in [0.15, 0.2) is 60.0 Å². The second kappa shape index (κ2) is 8.52. The van der Waals surface area contributed by atoms with Crippen molar-refractivity contribution in [1.82, 2.24) is 9.97 Å². The van der Waals surface area contributed by atoms with Crippen LogP contribution in [0.1, 0.15) is 31.9 Å². The summed E-state index contributed by atoms with van der Waals surface area (Å²) in [7, 11) is 0. The first-order valence-corrected chi connectivity index (χ1v) is 11.2. The number of thiophene rings is 1. The molecular formula is C24H24ClN3S. The summed E-state index contributed by atoms with van der Waals surface area (Å²) < 4.78 is 0. The Morgan fingerprint density at radius 2 is 1.69 bits per heavy atom. The topological polar surface area (TPSA) is 29.0 Å². The lowest BCUT2D eigenvalue weighted by molar-refractivity contribution is 0.675. The van der Waals surface area contributed by atoms with Gasteiger partial charge in [0.05, 0.1) is 5.39 Å². The van der Waals surface area contributed by atoms with Gasteiger partial charge in [0.15, 0.2) is 0 Å². The molecule has 29 heavy (non-hydrogen) atoms. The number of hydrogen-bond acceptors (Lipinski definition) is 4. The molecule has 0 unspecified atom stereocenters. The molecule has 148 valence electrons. The molecule has 4 rings (SSSR count). The number of halogens is 1. The van der Waals surface area contributed by atoms with Crippen LogP contribution in [0.4, 0.5) is 5.82 Å². The largest absolute Gasteiger partial charge is 0.349 e. The number of aromatic nitrogens is 2. The fourth-order valence-corrected chi connectivity index (χ4v) is 4.68. The minimum Gasteiger partial charge on any atom is -0.349 e. The Bertz CT molecular complexity index is 1100. The van der Waals surface area contributed by atoms with Crippen molar-refractivity contribution >= 4 is 39.0 Å². The third kappa shape index (κ3) is 4.14. The van der Waals surface area contributed by atoms with Gasteiger partial charge in [-0.15, -0.1) is 11.3 Å². The molecule has 3 nitrogen and oxygen atoms in total. The van der Waals surface area contributed by atoms with E-state index in [1.54, 1.807) is 11.3 Å². The van der Waals surface area contributed by atoms with Crippen molar-refractivity contribution < 1.29 is 0 Å². The molecule has 0 bridgehead atoms. The lowest BCUT2D eigenvalue weighted by Crippen LogP contribution is -2.31. The summed E-state index contributed by atoms with van der Waals surface area (Å²) in [6.07, 6.45) is 1.03. The SMILES string of the molecule is CCc1ccc(-c2csc3nc(Cl)nc(N(Cc4ccccc4)C(C)C)c23)cc1. The first-order valence-electron chi connectivity index (χ1n) is 9.91. The Labute approximate surface area is 181 Å². The summed E-state index contributed by atoms with van der Waals surface area (Å²) in [5.74, 6) is 0.898. The van der Waals surface area contributed by atoms with Crippen LogP contribution in [0, 0.1) is 0 Å². The lowest BCUT2D eigenvalue weighted by atomic mass is 10.0. The zero-order chi connectivity index (χ0) is 20.4. The van der Waals surface area contributed by atoms with Crippen LogP contribution < -0.4 is 4.90 Å². The maximum Gasteiger partial charge on any atom is 0.225 e. The van der Waals surface area contributed by atoms with Crippen molar-refractivity contribution in [2.45, 2.75) is 39.8 Å². The summed E-state index contributed by atoms with van der Waals surface area (Å²) in [5.41, 5.74) is 4.93. The first-order chi connectivity index (χ1) is 14.1. The van der Waals surface area contributed by atoms with E-state index in [9.17, 15) is 0 Å². The van der Waals surface area contributed by atoms with Gasteiger partial charge < -0.3 is 4.90 Å². The zero-order valence-corrected chi connectivity index (χ0v) is 18.5. The van der Waals surface area contributed by atoms with Crippen molar-refractivity contribution in [2.75, 3.05) is 4.90 Å². The van der Waals surface area contributed by atoms with Gasteiger partial charge in [0.1, 0.15) is 10.6 Å². The zero-order valence-electron chi connectivity index (χ0n) is 16.9. The van der Waals surface area contributed by atoms with E-state index in [2.05, 4.69) is 84.6 Å². The Morgan fingerprint density at radius 3 is 2.34 bits per heavy atom. The van der Waals surface area contributed by atoms with Gasteiger partial charge in [-0.1, -0.05) is 61.5 Å². The van der Waals surface area contributed by atoms with Gasteiger partial charge in [0.25, 0.3) is 0 Å². The van der Waals surface area contributed by atoms with Crippen LogP contribution in [0.5, 0.6) is 0 Å². The molecule has 2 aromatic carbocycles. The number of hydrogen-bond donors (Lipinski definition) is 0. The number of aryl methyl sites for hydroxylation is 1. The van der Waals surface area contributed by atoms with E-state index in [1.165, 1.54) is 16.7 Å². The van der Waals surface area contributed by atoms with Crippen molar-refractivity contribution in [3.8, 4) is 11.1 Å². The fraction of sp³-hybridized carbons (Fsp3) is 0.250. The molecule has 0 spiro atoms. The molecule has 2 aromatic heterocycles. The third-order valence-electron chi connectivity index (χ3n) is 5.15. The molecule has 0 saturated heterocycles. The molecular weight excluding hydrogens is 398 g/mol. The van der Waals surface area contributed by atoms with Crippen LogP contribution >= 0.6 is 22.9 Å². The number of rotatable bonds is 6. The smallest absolute Gasteiger partial charge is 0.225 e. The molecule has 5 heteroatoms. The number of fused-ring (bicyclic) bond motifs is 1. The third-order valence-corrected chi connectivity index (χ3v) is 6.19. The predicted octanol–water partition coefficient (Wildman–Crippen LogP) is 6.99. The Kier molecular flexibility index (Phi) is 5.84. The highest BCUT2D eigenvalue weighted by atomic mass is 35.5. The van der Waals surface area contributed by atoms with E-state index in [0.29, 0.717) is 5.28 Å². The molecule has 0 atom stereocenters. The summed E-state index contributed by atoms with van der Waals surface area (Å²) in [6, 6.07) is 19.5. The molecule has 0 aliphatic carbocycles. The van der Waals surface area contributed by atoms with Gasteiger partial charge >= 0.3 is 0 Å². The maximum atomic E-state index is 6.33. The highest BCUT2D eigenvalue weighted by Gasteiger charge is 2.21. The normalized spacial score (nSPS) is 11.3. The minimum atomic E-state index is 0.264. The van der Waals surface area contributed by atoms with Crippen LogP contribution in [0.3, 0.4) is 0 Å². The van der Waals surface area contributed by atoms with Gasteiger partial charge in [-0.25, -0.2) is 4.98 Å². The summed E-state index contributed by atoms with van der Waals surface area (Å²) in [5, 5.41) is 3.54. The average molecular weight is 422 g/mol. The van der Waals surface area contributed by atoms with E-state index in [4.69, 9.17) is 16.6 Å². The minimum absolute atomic E-state index is 0.264. The Morgan fingerprint density at radius 1 is 0.966 bits per heavy atom.